The van der Waals surface area contributed by atoms with Crippen LogP contribution in [-0.4, -0.2) is 16.1 Å². The van der Waals surface area contributed by atoms with Gasteiger partial charge in [0.05, 0.1) is 5.56 Å². The van der Waals surface area contributed by atoms with Gasteiger partial charge in [-0.05, 0) is 12.1 Å². The first-order valence-electron chi connectivity index (χ1n) is 5.57. The average Bonchev–Trinajstić information content (AvgIpc) is 2.77. The van der Waals surface area contributed by atoms with Crippen LogP contribution in [0.2, 0.25) is 0 Å². The van der Waals surface area contributed by atoms with Gasteiger partial charge in [-0.2, -0.15) is 0 Å². The fraction of sp³-hybridized carbons (Fsp3) is 0.250. The minimum Gasteiger partial charge on any atom is -0.403 e. The summed E-state index contributed by atoms with van der Waals surface area (Å²) in [5.74, 6) is -2.19. The molecule has 0 radical (unpaired) electrons. The van der Waals surface area contributed by atoms with Crippen molar-refractivity contribution in [2.24, 2.45) is 5.92 Å². The van der Waals surface area contributed by atoms with E-state index in [9.17, 15) is 13.6 Å². The van der Waals surface area contributed by atoms with Crippen LogP contribution in [0.3, 0.4) is 0 Å². The predicted molar refractivity (Wildman–Crippen MR) is 63.1 cm³/mol. The molecule has 1 N–H and O–H groups in total. The summed E-state index contributed by atoms with van der Waals surface area (Å²) < 4.78 is 31.3. The number of benzene rings is 1. The van der Waals surface area contributed by atoms with Crippen molar-refractivity contribution in [3.63, 3.8) is 0 Å². The molecule has 0 fully saturated rings. The highest BCUT2D eigenvalue weighted by Crippen LogP contribution is 2.23. The van der Waals surface area contributed by atoms with Crippen molar-refractivity contribution in [3.05, 3.63) is 29.8 Å². The zero-order valence-electron chi connectivity index (χ0n) is 10.3. The van der Waals surface area contributed by atoms with Crippen molar-refractivity contribution in [1.29, 1.82) is 0 Å². The van der Waals surface area contributed by atoms with Gasteiger partial charge in [0, 0.05) is 12.0 Å². The van der Waals surface area contributed by atoms with Crippen LogP contribution in [-0.2, 0) is 4.79 Å². The average molecular weight is 267 g/mol. The maximum atomic E-state index is 13.5. The summed E-state index contributed by atoms with van der Waals surface area (Å²) in [6, 6.07) is 2.85. The second-order valence-electron chi connectivity index (χ2n) is 4.18. The smallest absolute Gasteiger partial charge is 0.322 e. The Morgan fingerprint density at radius 2 is 2.05 bits per heavy atom. The van der Waals surface area contributed by atoms with E-state index in [1.54, 1.807) is 13.8 Å². The first kappa shape index (κ1) is 13.1. The molecule has 0 atom stereocenters. The molecule has 0 aliphatic rings. The van der Waals surface area contributed by atoms with E-state index in [-0.39, 0.29) is 29.3 Å². The van der Waals surface area contributed by atoms with Gasteiger partial charge in [-0.25, -0.2) is 8.78 Å². The molecule has 1 aromatic carbocycles. The number of halogens is 2. The van der Waals surface area contributed by atoms with Crippen LogP contribution in [0.5, 0.6) is 0 Å². The summed E-state index contributed by atoms with van der Waals surface area (Å²) in [6.45, 7) is 3.40. The van der Waals surface area contributed by atoms with Crippen LogP contribution in [0.25, 0.3) is 11.5 Å². The van der Waals surface area contributed by atoms with Gasteiger partial charge in [0.1, 0.15) is 11.6 Å². The van der Waals surface area contributed by atoms with E-state index < -0.39 is 11.6 Å². The Labute approximate surface area is 107 Å². The topological polar surface area (TPSA) is 68.0 Å². The number of carbonyl (C=O) groups excluding carboxylic acids is 1. The SMILES string of the molecule is CC(C)C(=O)Nc1nnc(-c2ccc(F)cc2F)o1. The zero-order chi connectivity index (χ0) is 14.0. The third kappa shape index (κ3) is 2.93. The summed E-state index contributed by atoms with van der Waals surface area (Å²) in [5, 5.41) is 9.55. The van der Waals surface area contributed by atoms with Gasteiger partial charge in [0.2, 0.25) is 5.91 Å². The molecule has 1 aromatic heterocycles. The predicted octanol–water partition coefficient (Wildman–Crippen LogP) is 2.61. The van der Waals surface area contributed by atoms with Crippen LogP contribution in [0, 0.1) is 17.6 Å². The van der Waals surface area contributed by atoms with E-state index in [4.69, 9.17) is 4.42 Å². The molecule has 0 aliphatic carbocycles. The Balaban J connectivity index is 2.23. The highest BCUT2D eigenvalue weighted by Gasteiger charge is 2.16. The number of aromatic nitrogens is 2. The number of carbonyl (C=O) groups is 1. The van der Waals surface area contributed by atoms with E-state index in [1.807, 2.05) is 0 Å². The van der Waals surface area contributed by atoms with Gasteiger partial charge in [-0.3, -0.25) is 10.1 Å². The van der Waals surface area contributed by atoms with Crippen LogP contribution in [0.4, 0.5) is 14.8 Å². The lowest BCUT2D eigenvalue weighted by molar-refractivity contribution is -0.119. The molecule has 0 saturated heterocycles. The molecule has 1 amide bonds. The van der Waals surface area contributed by atoms with Gasteiger partial charge >= 0.3 is 6.01 Å². The van der Waals surface area contributed by atoms with Crippen molar-refractivity contribution >= 4 is 11.9 Å². The Morgan fingerprint density at radius 3 is 2.68 bits per heavy atom. The third-order valence-corrected chi connectivity index (χ3v) is 2.34. The second-order valence-corrected chi connectivity index (χ2v) is 4.18. The first-order valence-corrected chi connectivity index (χ1v) is 5.57. The molecule has 100 valence electrons. The highest BCUT2D eigenvalue weighted by atomic mass is 19.1. The van der Waals surface area contributed by atoms with E-state index in [0.29, 0.717) is 6.07 Å². The summed E-state index contributed by atoms with van der Waals surface area (Å²) in [4.78, 5) is 11.4. The van der Waals surface area contributed by atoms with Gasteiger partial charge in [0.25, 0.3) is 5.89 Å². The standard InChI is InChI=1S/C12H11F2N3O2/c1-6(2)10(18)15-12-17-16-11(19-12)8-4-3-7(13)5-9(8)14/h3-6H,1-2H3,(H,15,17,18). The molecule has 2 aromatic rings. The van der Waals surface area contributed by atoms with Crippen molar-refractivity contribution in [1.82, 2.24) is 10.2 Å². The number of hydrogen-bond acceptors (Lipinski definition) is 4. The van der Waals surface area contributed by atoms with Crippen LogP contribution >= 0.6 is 0 Å². The third-order valence-electron chi connectivity index (χ3n) is 2.34. The zero-order valence-corrected chi connectivity index (χ0v) is 10.3. The molecule has 0 spiro atoms. The minimum atomic E-state index is -0.814. The van der Waals surface area contributed by atoms with Crippen LogP contribution in [0.1, 0.15) is 13.8 Å². The number of amides is 1. The summed E-state index contributed by atoms with van der Waals surface area (Å²) in [6.07, 6.45) is 0. The summed E-state index contributed by atoms with van der Waals surface area (Å²) in [5.41, 5.74) is -0.0288. The van der Waals surface area contributed by atoms with E-state index in [0.717, 1.165) is 6.07 Å². The fourth-order valence-corrected chi connectivity index (χ4v) is 1.30. The Morgan fingerprint density at radius 1 is 1.32 bits per heavy atom. The van der Waals surface area contributed by atoms with Crippen LogP contribution < -0.4 is 5.32 Å². The summed E-state index contributed by atoms with van der Waals surface area (Å²) in [7, 11) is 0. The highest BCUT2D eigenvalue weighted by molar-refractivity contribution is 5.90. The minimum absolute atomic E-state index is 0.0288. The molecule has 0 saturated carbocycles. The maximum Gasteiger partial charge on any atom is 0.322 e. The van der Waals surface area contributed by atoms with Crippen LogP contribution in [0.15, 0.2) is 22.6 Å². The number of anilines is 1. The second kappa shape index (κ2) is 5.13. The molecule has 1 heterocycles. The quantitative estimate of drug-likeness (QED) is 0.928. The van der Waals surface area contributed by atoms with Crippen molar-refractivity contribution in [2.75, 3.05) is 5.32 Å². The normalized spacial score (nSPS) is 10.8. The molecule has 5 nitrogen and oxygen atoms in total. The molecule has 0 unspecified atom stereocenters. The Hall–Kier alpha value is -2.31. The van der Waals surface area contributed by atoms with Gasteiger partial charge < -0.3 is 4.42 Å². The van der Waals surface area contributed by atoms with E-state index in [2.05, 4.69) is 15.5 Å². The molecule has 0 bridgehead atoms. The summed E-state index contributed by atoms with van der Waals surface area (Å²) >= 11 is 0. The van der Waals surface area contributed by atoms with E-state index >= 15 is 0 Å². The maximum absolute atomic E-state index is 13.5. The number of rotatable bonds is 3. The van der Waals surface area contributed by atoms with Crippen molar-refractivity contribution in [3.8, 4) is 11.5 Å². The molecular formula is C12H11F2N3O2. The molecule has 2 rings (SSSR count). The number of nitrogens with zero attached hydrogens (tertiary/aromatic N) is 2. The molecular weight excluding hydrogens is 256 g/mol. The number of hydrogen-bond donors (Lipinski definition) is 1. The van der Waals surface area contributed by atoms with E-state index in [1.165, 1.54) is 6.07 Å². The molecule has 7 heteroatoms. The largest absolute Gasteiger partial charge is 0.403 e. The lowest BCUT2D eigenvalue weighted by atomic mass is 10.2. The van der Waals surface area contributed by atoms with Gasteiger partial charge in [-0.15, -0.1) is 5.10 Å². The van der Waals surface area contributed by atoms with Gasteiger partial charge in [-0.1, -0.05) is 18.9 Å². The number of nitrogens with one attached hydrogen (secondary N) is 1. The van der Waals surface area contributed by atoms with Crippen molar-refractivity contribution in [2.45, 2.75) is 13.8 Å². The lowest BCUT2D eigenvalue weighted by Gasteiger charge is -2.02. The molecule has 0 aliphatic heterocycles. The Bertz CT molecular complexity index is 611. The molecule has 19 heavy (non-hydrogen) atoms. The monoisotopic (exact) mass is 267 g/mol. The lowest BCUT2D eigenvalue weighted by Crippen LogP contribution is -2.17. The fourth-order valence-electron chi connectivity index (χ4n) is 1.30. The Kier molecular flexibility index (Phi) is 3.55. The first-order chi connectivity index (χ1) is 8.97. The van der Waals surface area contributed by atoms with Crippen molar-refractivity contribution < 1.29 is 18.0 Å². The van der Waals surface area contributed by atoms with Gasteiger partial charge in [0.15, 0.2) is 0 Å².